The third kappa shape index (κ3) is 3.81. The van der Waals surface area contributed by atoms with Crippen LogP contribution in [0, 0.1) is 19.3 Å². The summed E-state index contributed by atoms with van der Waals surface area (Å²) in [4.78, 5) is 11.0. The summed E-state index contributed by atoms with van der Waals surface area (Å²) < 4.78 is 29.5. The topological polar surface area (TPSA) is 72.5 Å². The zero-order chi connectivity index (χ0) is 12.9. The summed E-state index contributed by atoms with van der Waals surface area (Å²) in [7, 11) is -3.90. The van der Waals surface area contributed by atoms with Crippen LogP contribution in [0.4, 0.5) is 4.79 Å². The second kappa shape index (κ2) is 5.37. The second-order valence-electron chi connectivity index (χ2n) is 3.20. The predicted molar refractivity (Wildman–Crippen MR) is 61.7 cm³/mol. The molecule has 1 N–H and O–H groups in total. The normalized spacial score (nSPS) is 10.4. The summed E-state index contributed by atoms with van der Waals surface area (Å²) in [5.41, 5.74) is 0.916. The molecule has 1 amide bonds. The van der Waals surface area contributed by atoms with Gasteiger partial charge in [-0.3, -0.25) is 0 Å². The van der Waals surface area contributed by atoms with Gasteiger partial charge in [0.2, 0.25) is 0 Å². The van der Waals surface area contributed by atoms with Crippen molar-refractivity contribution in [2.75, 3.05) is 6.61 Å². The van der Waals surface area contributed by atoms with Gasteiger partial charge in [-0.25, -0.2) is 17.9 Å². The Morgan fingerprint density at radius 3 is 2.53 bits per heavy atom. The Balaban J connectivity index is 2.79. The van der Waals surface area contributed by atoms with Gasteiger partial charge in [-0.1, -0.05) is 23.6 Å². The zero-order valence-corrected chi connectivity index (χ0v) is 9.95. The fraction of sp³-hybridized carbons (Fsp3) is 0.182. The summed E-state index contributed by atoms with van der Waals surface area (Å²) >= 11 is 0. The van der Waals surface area contributed by atoms with Crippen LogP contribution < -0.4 is 4.72 Å². The molecular formula is C11H11NO4S. The summed E-state index contributed by atoms with van der Waals surface area (Å²) in [5, 5.41) is 0. The van der Waals surface area contributed by atoms with Crippen LogP contribution in [0.2, 0.25) is 0 Å². The summed E-state index contributed by atoms with van der Waals surface area (Å²) in [6.07, 6.45) is 3.77. The molecule has 0 heterocycles. The Labute approximate surface area is 99.8 Å². The molecule has 0 atom stereocenters. The quantitative estimate of drug-likeness (QED) is 0.817. The molecule has 0 fully saturated rings. The average molecular weight is 253 g/mol. The number of carbonyl (C=O) groups is 1. The molecular weight excluding hydrogens is 242 g/mol. The van der Waals surface area contributed by atoms with Gasteiger partial charge < -0.3 is 4.74 Å². The molecule has 0 saturated heterocycles. The van der Waals surface area contributed by atoms with Crippen molar-refractivity contribution in [2.45, 2.75) is 11.8 Å². The highest BCUT2D eigenvalue weighted by molar-refractivity contribution is 7.90. The maximum Gasteiger partial charge on any atom is 0.422 e. The zero-order valence-electron chi connectivity index (χ0n) is 9.14. The molecule has 1 aromatic rings. The maximum atomic E-state index is 11.7. The van der Waals surface area contributed by atoms with E-state index in [0.717, 1.165) is 5.56 Å². The molecule has 0 aliphatic heterocycles. The van der Waals surface area contributed by atoms with Gasteiger partial charge in [-0.05, 0) is 19.1 Å². The molecule has 0 saturated carbocycles. The van der Waals surface area contributed by atoms with Crippen molar-refractivity contribution >= 4 is 16.1 Å². The van der Waals surface area contributed by atoms with Crippen molar-refractivity contribution < 1.29 is 17.9 Å². The van der Waals surface area contributed by atoms with Gasteiger partial charge >= 0.3 is 6.09 Å². The van der Waals surface area contributed by atoms with E-state index in [1.165, 1.54) is 12.1 Å². The lowest BCUT2D eigenvalue weighted by Gasteiger charge is -2.06. The Bertz CT molecular complexity index is 540. The first-order chi connectivity index (χ1) is 7.95. The third-order valence-electron chi connectivity index (χ3n) is 1.84. The Morgan fingerprint density at radius 1 is 1.41 bits per heavy atom. The highest BCUT2D eigenvalue weighted by Gasteiger charge is 2.17. The van der Waals surface area contributed by atoms with Crippen molar-refractivity contribution in [1.82, 2.24) is 4.72 Å². The molecule has 5 nitrogen and oxygen atoms in total. The summed E-state index contributed by atoms with van der Waals surface area (Å²) in [5.74, 6) is 2.05. The lowest BCUT2D eigenvalue weighted by molar-refractivity contribution is 0.166. The number of hydrogen-bond acceptors (Lipinski definition) is 4. The molecule has 0 spiro atoms. The summed E-state index contributed by atoms with van der Waals surface area (Å²) in [6.45, 7) is 1.54. The van der Waals surface area contributed by atoms with Crippen LogP contribution in [0.1, 0.15) is 5.56 Å². The van der Waals surface area contributed by atoms with Gasteiger partial charge in [0.15, 0.2) is 6.61 Å². The van der Waals surface area contributed by atoms with E-state index in [2.05, 4.69) is 10.7 Å². The van der Waals surface area contributed by atoms with E-state index in [9.17, 15) is 13.2 Å². The van der Waals surface area contributed by atoms with E-state index in [4.69, 9.17) is 6.42 Å². The van der Waals surface area contributed by atoms with Crippen LogP contribution >= 0.6 is 0 Å². The van der Waals surface area contributed by atoms with Gasteiger partial charge in [0.25, 0.3) is 10.0 Å². The minimum atomic E-state index is -3.90. The van der Waals surface area contributed by atoms with Crippen LogP contribution in [0.25, 0.3) is 0 Å². The van der Waals surface area contributed by atoms with Crippen LogP contribution in [-0.2, 0) is 14.8 Å². The van der Waals surface area contributed by atoms with Crippen molar-refractivity contribution in [2.24, 2.45) is 0 Å². The Kier molecular flexibility index (Phi) is 4.12. The van der Waals surface area contributed by atoms with Gasteiger partial charge in [0.1, 0.15) is 0 Å². The van der Waals surface area contributed by atoms with Crippen LogP contribution in [0.3, 0.4) is 0 Å². The second-order valence-corrected chi connectivity index (χ2v) is 4.88. The predicted octanol–water partition coefficient (Wildman–Crippen LogP) is 1.04. The molecule has 0 unspecified atom stereocenters. The summed E-state index contributed by atoms with van der Waals surface area (Å²) in [6, 6.07) is 6.04. The van der Waals surface area contributed by atoms with E-state index < -0.39 is 16.1 Å². The number of benzene rings is 1. The minimum Gasteiger partial charge on any atom is -0.436 e. The van der Waals surface area contributed by atoms with Gasteiger partial charge in [-0.15, -0.1) is 6.42 Å². The van der Waals surface area contributed by atoms with Crippen molar-refractivity contribution in [3.8, 4) is 12.3 Å². The first kappa shape index (κ1) is 13.1. The SMILES string of the molecule is C#CCOC(=O)NS(=O)(=O)c1ccc(C)cc1. The van der Waals surface area contributed by atoms with Crippen molar-refractivity contribution in [3.05, 3.63) is 29.8 Å². The van der Waals surface area contributed by atoms with E-state index >= 15 is 0 Å². The molecule has 6 heteroatoms. The molecule has 0 bridgehead atoms. The highest BCUT2D eigenvalue weighted by atomic mass is 32.2. The molecule has 0 radical (unpaired) electrons. The molecule has 90 valence electrons. The van der Waals surface area contributed by atoms with E-state index in [-0.39, 0.29) is 11.5 Å². The monoisotopic (exact) mass is 253 g/mol. The largest absolute Gasteiger partial charge is 0.436 e. The first-order valence-corrected chi connectivity index (χ1v) is 6.14. The van der Waals surface area contributed by atoms with Crippen LogP contribution in [0.5, 0.6) is 0 Å². The van der Waals surface area contributed by atoms with Crippen molar-refractivity contribution in [1.29, 1.82) is 0 Å². The number of ether oxygens (including phenoxy) is 1. The number of aryl methyl sites for hydroxylation is 1. The fourth-order valence-electron chi connectivity index (χ4n) is 1.02. The lowest BCUT2D eigenvalue weighted by Crippen LogP contribution is -2.31. The fourth-order valence-corrected chi connectivity index (χ4v) is 1.91. The Morgan fingerprint density at radius 2 is 2.00 bits per heavy atom. The number of sulfonamides is 1. The number of terminal acetylenes is 1. The van der Waals surface area contributed by atoms with E-state index in [1.54, 1.807) is 16.9 Å². The molecule has 17 heavy (non-hydrogen) atoms. The molecule has 1 aromatic carbocycles. The molecule has 0 aliphatic carbocycles. The number of nitrogens with one attached hydrogen (secondary N) is 1. The van der Waals surface area contributed by atoms with Gasteiger partial charge in [0, 0.05) is 0 Å². The van der Waals surface area contributed by atoms with E-state index in [1.807, 2.05) is 6.92 Å². The number of carbonyl (C=O) groups excluding carboxylic acids is 1. The highest BCUT2D eigenvalue weighted by Crippen LogP contribution is 2.09. The minimum absolute atomic E-state index is 0.0132. The number of amides is 1. The van der Waals surface area contributed by atoms with Crippen molar-refractivity contribution in [3.63, 3.8) is 0 Å². The maximum absolute atomic E-state index is 11.7. The third-order valence-corrected chi connectivity index (χ3v) is 3.16. The average Bonchev–Trinajstić information content (AvgIpc) is 2.26. The standard InChI is InChI=1S/C11H11NO4S/c1-3-8-16-11(13)12-17(14,15)10-6-4-9(2)5-7-10/h1,4-7H,8H2,2H3,(H,12,13). The molecule has 1 rings (SSSR count). The first-order valence-electron chi connectivity index (χ1n) is 4.65. The van der Waals surface area contributed by atoms with Crippen LogP contribution in [0.15, 0.2) is 29.2 Å². The van der Waals surface area contributed by atoms with Gasteiger partial charge in [0.05, 0.1) is 4.90 Å². The number of rotatable bonds is 3. The van der Waals surface area contributed by atoms with Crippen LogP contribution in [-0.4, -0.2) is 21.1 Å². The molecule has 0 aromatic heterocycles. The van der Waals surface area contributed by atoms with E-state index in [0.29, 0.717) is 0 Å². The Hall–Kier alpha value is -2.00. The lowest BCUT2D eigenvalue weighted by atomic mass is 10.2. The van der Waals surface area contributed by atoms with Gasteiger partial charge in [-0.2, -0.15) is 0 Å². The smallest absolute Gasteiger partial charge is 0.422 e. The molecule has 0 aliphatic rings. The number of hydrogen-bond donors (Lipinski definition) is 1.